The first-order valence-electron chi connectivity index (χ1n) is 7.73. The summed E-state index contributed by atoms with van der Waals surface area (Å²) in [5, 5.41) is 3.57. The summed E-state index contributed by atoms with van der Waals surface area (Å²) in [6, 6.07) is 0.925. The molecule has 1 amide bonds. The lowest BCUT2D eigenvalue weighted by atomic mass is 9.94. The van der Waals surface area contributed by atoms with Gasteiger partial charge in [-0.2, -0.15) is 0 Å². The van der Waals surface area contributed by atoms with Crippen LogP contribution in [0.25, 0.3) is 0 Å². The largest absolute Gasteiger partial charge is 0.364 e. The number of rotatable bonds is 6. The van der Waals surface area contributed by atoms with Crippen LogP contribution in [0.2, 0.25) is 0 Å². The van der Waals surface area contributed by atoms with Crippen LogP contribution >= 0.6 is 0 Å². The van der Waals surface area contributed by atoms with Gasteiger partial charge in [-0.1, -0.05) is 6.92 Å². The van der Waals surface area contributed by atoms with E-state index in [0.717, 1.165) is 32.4 Å². The first-order valence-corrected chi connectivity index (χ1v) is 7.73. The number of amides is 1. The molecule has 1 aliphatic rings. The van der Waals surface area contributed by atoms with Crippen molar-refractivity contribution < 1.29 is 9.53 Å². The third-order valence-corrected chi connectivity index (χ3v) is 4.07. The zero-order chi connectivity index (χ0) is 14.4. The average Bonchev–Trinajstić information content (AvgIpc) is 2.41. The molecule has 1 saturated heterocycles. The number of nitrogens with one attached hydrogen (secondary N) is 1. The zero-order valence-corrected chi connectivity index (χ0v) is 13.1. The summed E-state index contributed by atoms with van der Waals surface area (Å²) < 4.78 is 6.04. The van der Waals surface area contributed by atoms with Gasteiger partial charge in [-0.05, 0) is 47.0 Å². The Bertz CT molecular complexity index is 279. The smallest absolute Gasteiger partial charge is 0.251 e. The Morgan fingerprint density at radius 3 is 2.47 bits per heavy atom. The highest BCUT2D eigenvalue weighted by molar-refractivity contribution is 5.80. The van der Waals surface area contributed by atoms with Crippen molar-refractivity contribution in [1.82, 2.24) is 10.2 Å². The van der Waals surface area contributed by atoms with Crippen LogP contribution in [0.3, 0.4) is 0 Å². The van der Waals surface area contributed by atoms with Gasteiger partial charge in [0.1, 0.15) is 6.10 Å². The third kappa shape index (κ3) is 4.46. The number of piperidine rings is 1. The minimum absolute atomic E-state index is 0.110. The van der Waals surface area contributed by atoms with Crippen LogP contribution in [0, 0.1) is 0 Å². The number of likely N-dealkylation sites (N-methyl/N-ethyl adjacent to an activating group) is 1. The van der Waals surface area contributed by atoms with Crippen LogP contribution in [0.4, 0.5) is 0 Å². The van der Waals surface area contributed by atoms with Gasteiger partial charge in [0.05, 0.1) is 6.10 Å². The van der Waals surface area contributed by atoms with Crippen molar-refractivity contribution >= 4 is 5.91 Å². The minimum Gasteiger partial charge on any atom is -0.364 e. The fraction of sp³-hybridized carbons (Fsp3) is 0.933. The molecule has 0 bridgehead atoms. The number of carbonyl (C=O) groups is 1. The van der Waals surface area contributed by atoms with Crippen LogP contribution in [0.15, 0.2) is 0 Å². The highest BCUT2D eigenvalue weighted by atomic mass is 16.5. The molecule has 1 fully saturated rings. The molecule has 0 aromatic rings. The summed E-state index contributed by atoms with van der Waals surface area (Å²) in [6.07, 6.45) is 3.03. The first-order chi connectivity index (χ1) is 9.03. The molecular formula is C15H30N2O2. The molecule has 1 aliphatic heterocycles. The Morgan fingerprint density at radius 2 is 1.95 bits per heavy atom. The topological polar surface area (TPSA) is 41.6 Å². The van der Waals surface area contributed by atoms with Gasteiger partial charge < -0.3 is 15.0 Å². The maximum absolute atomic E-state index is 12.2. The molecule has 0 aromatic carbocycles. The van der Waals surface area contributed by atoms with Crippen LogP contribution < -0.4 is 5.32 Å². The van der Waals surface area contributed by atoms with Gasteiger partial charge in [0.2, 0.25) is 0 Å². The van der Waals surface area contributed by atoms with Gasteiger partial charge in [0.15, 0.2) is 0 Å². The average molecular weight is 270 g/mol. The summed E-state index contributed by atoms with van der Waals surface area (Å²) >= 11 is 0. The molecule has 0 spiro atoms. The predicted molar refractivity (Wildman–Crippen MR) is 78.2 cm³/mol. The van der Waals surface area contributed by atoms with Gasteiger partial charge in [-0.25, -0.2) is 0 Å². The van der Waals surface area contributed by atoms with E-state index >= 15 is 0 Å². The number of hydrogen-bond acceptors (Lipinski definition) is 3. The van der Waals surface area contributed by atoms with E-state index in [-0.39, 0.29) is 18.1 Å². The van der Waals surface area contributed by atoms with E-state index in [9.17, 15) is 4.79 Å². The molecule has 0 saturated carbocycles. The molecule has 4 heteroatoms. The number of carbonyl (C=O) groups excluding carboxylic acids is 1. The molecular weight excluding hydrogens is 240 g/mol. The summed E-state index contributed by atoms with van der Waals surface area (Å²) in [4.78, 5) is 14.1. The Labute approximate surface area is 117 Å². The first kappa shape index (κ1) is 16.4. The van der Waals surface area contributed by atoms with E-state index in [0.29, 0.717) is 12.1 Å². The molecule has 1 rings (SSSR count). The summed E-state index contributed by atoms with van der Waals surface area (Å²) in [5.41, 5.74) is 0. The Hall–Kier alpha value is -0.610. The number of hydrogen-bond donors (Lipinski definition) is 1. The molecule has 0 aliphatic carbocycles. The van der Waals surface area contributed by atoms with E-state index in [2.05, 4.69) is 19.2 Å². The lowest BCUT2D eigenvalue weighted by Crippen LogP contribution is -2.52. The minimum atomic E-state index is -0.339. The molecule has 19 heavy (non-hydrogen) atoms. The fourth-order valence-electron chi connectivity index (χ4n) is 2.83. The third-order valence-electron chi connectivity index (χ3n) is 4.07. The van der Waals surface area contributed by atoms with Gasteiger partial charge in [-0.15, -0.1) is 0 Å². The predicted octanol–water partition coefficient (Wildman–Crippen LogP) is 2.18. The maximum Gasteiger partial charge on any atom is 0.251 e. The molecule has 4 nitrogen and oxygen atoms in total. The summed E-state index contributed by atoms with van der Waals surface area (Å²) in [7, 11) is 0. The zero-order valence-electron chi connectivity index (χ0n) is 13.1. The molecule has 0 radical (unpaired) electrons. The second-order valence-corrected chi connectivity index (χ2v) is 5.49. The van der Waals surface area contributed by atoms with Crippen molar-refractivity contribution in [1.29, 1.82) is 0 Å². The summed E-state index contributed by atoms with van der Waals surface area (Å²) in [6.45, 7) is 11.8. The Morgan fingerprint density at radius 1 is 1.32 bits per heavy atom. The molecule has 1 N–H and O–H groups in total. The van der Waals surface area contributed by atoms with E-state index in [1.165, 1.54) is 0 Å². The van der Waals surface area contributed by atoms with Crippen LogP contribution in [0.5, 0.6) is 0 Å². The van der Waals surface area contributed by atoms with Gasteiger partial charge >= 0.3 is 0 Å². The van der Waals surface area contributed by atoms with Gasteiger partial charge in [0, 0.05) is 25.2 Å². The molecule has 112 valence electrons. The quantitative estimate of drug-likeness (QED) is 0.804. The molecule has 4 atom stereocenters. The molecule has 4 unspecified atom stereocenters. The lowest BCUT2D eigenvalue weighted by Gasteiger charge is -2.37. The standard InChI is InChI=1S/C15H30N2O2/c1-6-13-14(10-9-11(4)16-13)19-12(5)15(18)17(7-2)8-3/h11-14,16H,6-10H2,1-5H3. The Kier molecular flexibility index (Phi) is 6.80. The Balaban J connectivity index is 2.55. The van der Waals surface area contributed by atoms with E-state index < -0.39 is 0 Å². The maximum atomic E-state index is 12.2. The van der Waals surface area contributed by atoms with Crippen molar-refractivity contribution in [2.45, 2.75) is 78.2 Å². The van der Waals surface area contributed by atoms with Crippen molar-refractivity contribution in [2.75, 3.05) is 13.1 Å². The highest BCUT2D eigenvalue weighted by Crippen LogP contribution is 2.20. The molecule has 0 aromatic heterocycles. The monoisotopic (exact) mass is 270 g/mol. The summed E-state index contributed by atoms with van der Waals surface area (Å²) in [5.74, 6) is 0.110. The van der Waals surface area contributed by atoms with Crippen molar-refractivity contribution in [3.8, 4) is 0 Å². The normalized spacial score (nSPS) is 29.0. The number of ether oxygens (including phenoxy) is 1. The van der Waals surface area contributed by atoms with Crippen LogP contribution in [0.1, 0.15) is 53.9 Å². The fourth-order valence-corrected chi connectivity index (χ4v) is 2.83. The van der Waals surface area contributed by atoms with E-state index in [4.69, 9.17) is 4.74 Å². The van der Waals surface area contributed by atoms with Crippen molar-refractivity contribution in [3.05, 3.63) is 0 Å². The van der Waals surface area contributed by atoms with E-state index in [1.807, 2.05) is 25.7 Å². The van der Waals surface area contributed by atoms with Crippen LogP contribution in [-0.2, 0) is 9.53 Å². The van der Waals surface area contributed by atoms with Crippen LogP contribution in [-0.4, -0.2) is 48.2 Å². The van der Waals surface area contributed by atoms with Crippen molar-refractivity contribution in [2.24, 2.45) is 0 Å². The second-order valence-electron chi connectivity index (χ2n) is 5.49. The molecule has 1 heterocycles. The van der Waals surface area contributed by atoms with Crippen molar-refractivity contribution in [3.63, 3.8) is 0 Å². The van der Waals surface area contributed by atoms with Gasteiger partial charge in [-0.3, -0.25) is 4.79 Å². The SMILES string of the molecule is CCC1NC(C)CCC1OC(C)C(=O)N(CC)CC. The highest BCUT2D eigenvalue weighted by Gasteiger charge is 2.31. The lowest BCUT2D eigenvalue weighted by molar-refractivity contribution is -0.148. The second kappa shape index (κ2) is 7.85. The number of nitrogens with zero attached hydrogens (tertiary/aromatic N) is 1. The van der Waals surface area contributed by atoms with Gasteiger partial charge in [0.25, 0.3) is 5.91 Å². The van der Waals surface area contributed by atoms with E-state index in [1.54, 1.807) is 0 Å².